The zero-order chi connectivity index (χ0) is 13.5. The van der Waals surface area contributed by atoms with Crippen molar-refractivity contribution < 1.29 is 4.79 Å². The van der Waals surface area contributed by atoms with Gasteiger partial charge in [-0.1, -0.05) is 19.8 Å². The number of carbonyl (C=O) groups excluding carboxylic acids is 1. The van der Waals surface area contributed by atoms with Crippen molar-refractivity contribution in [3.8, 4) is 0 Å². The third-order valence-corrected chi connectivity index (χ3v) is 3.89. The first-order valence-electron chi connectivity index (χ1n) is 6.41. The molecule has 0 amide bonds. The number of hydrogen-bond acceptors (Lipinski definition) is 4. The van der Waals surface area contributed by atoms with Crippen LogP contribution in [0.4, 0.5) is 5.13 Å². The van der Waals surface area contributed by atoms with E-state index in [-0.39, 0.29) is 11.7 Å². The average molecular weight is 289 g/mol. The van der Waals surface area contributed by atoms with Gasteiger partial charge in [0.05, 0.1) is 5.88 Å². The van der Waals surface area contributed by atoms with Gasteiger partial charge in [0.15, 0.2) is 10.9 Å². The maximum absolute atomic E-state index is 11.5. The van der Waals surface area contributed by atoms with E-state index in [1.807, 2.05) is 0 Å². The number of unbranched alkanes of at least 4 members (excludes halogenated alkanes) is 2. The van der Waals surface area contributed by atoms with Crippen LogP contribution < -0.4 is 4.90 Å². The first-order valence-corrected chi connectivity index (χ1v) is 7.82. The fraction of sp³-hybridized carbons (Fsp3) is 0.692. The molecule has 0 saturated heterocycles. The average Bonchev–Trinajstić information content (AvgIpc) is 2.82. The second-order valence-electron chi connectivity index (χ2n) is 4.57. The number of carbonyl (C=O) groups is 1. The number of hydrogen-bond donors (Lipinski definition) is 0. The highest BCUT2D eigenvalue weighted by atomic mass is 35.5. The second-order valence-corrected chi connectivity index (χ2v) is 5.67. The summed E-state index contributed by atoms with van der Waals surface area (Å²) in [5, 5.41) is 2.73. The molecule has 1 rings (SSSR count). The van der Waals surface area contributed by atoms with Gasteiger partial charge in [0.1, 0.15) is 5.69 Å². The van der Waals surface area contributed by atoms with Gasteiger partial charge in [-0.25, -0.2) is 4.98 Å². The second kappa shape index (κ2) is 7.74. The molecule has 0 bridgehead atoms. The van der Waals surface area contributed by atoms with Crippen LogP contribution in [0.3, 0.4) is 0 Å². The zero-order valence-corrected chi connectivity index (χ0v) is 12.9. The smallest absolute Gasteiger partial charge is 0.196 e. The molecule has 0 radical (unpaired) electrons. The maximum atomic E-state index is 11.5. The molecule has 0 atom stereocenters. The lowest BCUT2D eigenvalue weighted by Gasteiger charge is -2.26. The highest BCUT2D eigenvalue weighted by Crippen LogP contribution is 2.23. The van der Waals surface area contributed by atoms with Crippen LogP contribution in [-0.4, -0.2) is 29.2 Å². The molecule has 1 aromatic heterocycles. The minimum atomic E-state index is -0.101. The van der Waals surface area contributed by atoms with Crippen molar-refractivity contribution in [3.05, 3.63) is 11.1 Å². The van der Waals surface area contributed by atoms with E-state index in [1.54, 1.807) is 5.38 Å². The van der Waals surface area contributed by atoms with Crippen molar-refractivity contribution in [1.82, 2.24) is 4.98 Å². The molecule has 1 aromatic rings. The van der Waals surface area contributed by atoms with E-state index < -0.39 is 0 Å². The number of thiazole rings is 1. The summed E-state index contributed by atoms with van der Waals surface area (Å²) in [7, 11) is 0. The van der Waals surface area contributed by atoms with Gasteiger partial charge in [0, 0.05) is 18.0 Å². The van der Waals surface area contributed by atoms with Crippen molar-refractivity contribution in [2.24, 2.45) is 0 Å². The molecule has 0 aliphatic heterocycles. The van der Waals surface area contributed by atoms with Gasteiger partial charge in [0.25, 0.3) is 0 Å². The highest BCUT2D eigenvalue weighted by Gasteiger charge is 2.16. The largest absolute Gasteiger partial charge is 0.346 e. The Morgan fingerprint density at radius 2 is 2.22 bits per heavy atom. The van der Waals surface area contributed by atoms with Gasteiger partial charge >= 0.3 is 0 Å². The number of rotatable bonds is 8. The minimum Gasteiger partial charge on any atom is -0.346 e. The molecule has 0 saturated carbocycles. The fourth-order valence-corrected chi connectivity index (χ4v) is 2.83. The Morgan fingerprint density at radius 1 is 1.50 bits per heavy atom. The predicted molar refractivity (Wildman–Crippen MR) is 79.2 cm³/mol. The summed E-state index contributed by atoms with van der Waals surface area (Å²) in [6.07, 6.45) is 3.59. The highest BCUT2D eigenvalue weighted by molar-refractivity contribution is 7.14. The number of aromatic nitrogens is 1. The van der Waals surface area contributed by atoms with Crippen molar-refractivity contribution in [2.75, 3.05) is 17.3 Å². The number of ketones is 1. The molecular weight excluding hydrogens is 268 g/mol. The Labute approximate surface area is 118 Å². The Morgan fingerprint density at radius 3 is 2.78 bits per heavy atom. The van der Waals surface area contributed by atoms with E-state index in [0.29, 0.717) is 11.7 Å². The minimum absolute atomic E-state index is 0.000681. The zero-order valence-electron chi connectivity index (χ0n) is 11.3. The van der Waals surface area contributed by atoms with E-state index in [1.165, 1.54) is 24.2 Å². The third kappa shape index (κ3) is 4.25. The molecule has 0 unspecified atom stereocenters. The molecule has 102 valence electrons. The molecule has 0 N–H and O–H groups in total. The normalized spacial score (nSPS) is 10.9. The topological polar surface area (TPSA) is 33.2 Å². The molecule has 0 aliphatic rings. The number of alkyl halides is 1. The summed E-state index contributed by atoms with van der Waals surface area (Å²) in [6.45, 7) is 7.49. The Bertz CT molecular complexity index is 379. The lowest BCUT2D eigenvalue weighted by Crippen LogP contribution is -2.31. The van der Waals surface area contributed by atoms with Gasteiger partial charge in [-0.15, -0.1) is 22.9 Å². The molecule has 0 spiro atoms. The molecule has 0 aliphatic carbocycles. The number of Topliss-reactive ketones (excluding diaryl/α,β-unsaturated/α-hetero) is 1. The van der Waals surface area contributed by atoms with Crippen LogP contribution in [-0.2, 0) is 0 Å². The molecular formula is C13H21ClN2OS. The van der Waals surface area contributed by atoms with Gasteiger partial charge in [0.2, 0.25) is 0 Å². The molecule has 3 nitrogen and oxygen atoms in total. The van der Waals surface area contributed by atoms with Crippen LogP contribution in [0.15, 0.2) is 5.38 Å². The van der Waals surface area contributed by atoms with Crippen molar-refractivity contribution in [1.29, 1.82) is 0 Å². The Balaban J connectivity index is 2.73. The van der Waals surface area contributed by atoms with Gasteiger partial charge in [-0.2, -0.15) is 0 Å². The summed E-state index contributed by atoms with van der Waals surface area (Å²) in [6, 6.07) is 0.395. The summed E-state index contributed by atoms with van der Waals surface area (Å²) in [5.41, 5.74) is 0.492. The lowest BCUT2D eigenvalue weighted by atomic mass is 10.2. The van der Waals surface area contributed by atoms with E-state index in [4.69, 9.17) is 11.6 Å². The molecule has 18 heavy (non-hydrogen) atoms. The van der Waals surface area contributed by atoms with Crippen molar-refractivity contribution >= 4 is 33.9 Å². The number of anilines is 1. The molecule has 0 aromatic carbocycles. The Kier molecular flexibility index (Phi) is 6.65. The standard InChI is InChI=1S/C13H21ClN2OS/c1-4-5-6-7-16(10(2)3)13-15-11(9-18-13)12(17)8-14/h9-10H,4-8H2,1-3H3. The quantitative estimate of drug-likeness (QED) is 0.412. The predicted octanol–water partition coefficient (Wildman–Crippen LogP) is 3.97. The SMILES string of the molecule is CCCCCN(c1nc(C(=O)CCl)cs1)C(C)C. The summed E-state index contributed by atoms with van der Waals surface area (Å²) >= 11 is 7.06. The third-order valence-electron chi connectivity index (χ3n) is 2.77. The van der Waals surface area contributed by atoms with Crippen LogP contribution in [0.5, 0.6) is 0 Å². The Hall–Kier alpha value is -0.610. The number of halogens is 1. The molecule has 1 heterocycles. The van der Waals surface area contributed by atoms with Gasteiger partial charge in [-0.3, -0.25) is 4.79 Å². The first-order chi connectivity index (χ1) is 8.60. The maximum Gasteiger partial charge on any atom is 0.196 e. The van der Waals surface area contributed by atoms with E-state index in [9.17, 15) is 4.79 Å². The summed E-state index contributed by atoms with van der Waals surface area (Å²) < 4.78 is 0. The van der Waals surface area contributed by atoms with E-state index in [2.05, 4.69) is 30.7 Å². The summed E-state index contributed by atoms with van der Waals surface area (Å²) in [4.78, 5) is 18.1. The summed E-state index contributed by atoms with van der Waals surface area (Å²) in [5.74, 6) is -0.0998. The van der Waals surface area contributed by atoms with Crippen LogP contribution in [0, 0.1) is 0 Å². The number of nitrogens with zero attached hydrogens (tertiary/aromatic N) is 2. The van der Waals surface area contributed by atoms with Crippen LogP contribution in [0.25, 0.3) is 0 Å². The van der Waals surface area contributed by atoms with Crippen LogP contribution in [0.1, 0.15) is 50.5 Å². The first kappa shape index (κ1) is 15.4. The lowest BCUT2D eigenvalue weighted by molar-refractivity contribution is 0.101. The van der Waals surface area contributed by atoms with Gasteiger partial charge in [-0.05, 0) is 20.3 Å². The molecule has 0 fully saturated rings. The monoisotopic (exact) mass is 288 g/mol. The van der Waals surface area contributed by atoms with Crippen molar-refractivity contribution in [2.45, 2.75) is 46.1 Å². The van der Waals surface area contributed by atoms with E-state index >= 15 is 0 Å². The van der Waals surface area contributed by atoms with Crippen LogP contribution in [0.2, 0.25) is 0 Å². The van der Waals surface area contributed by atoms with Crippen molar-refractivity contribution in [3.63, 3.8) is 0 Å². The van der Waals surface area contributed by atoms with Crippen LogP contribution >= 0.6 is 22.9 Å². The fourth-order valence-electron chi connectivity index (χ4n) is 1.70. The van der Waals surface area contributed by atoms with E-state index in [0.717, 1.165) is 18.1 Å². The van der Waals surface area contributed by atoms with Gasteiger partial charge < -0.3 is 4.90 Å². The molecule has 5 heteroatoms.